The van der Waals surface area contributed by atoms with Crippen LogP contribution in [0.5, 0.6) is 0 Å². The summed E-state index contributed by atoms with van der Waals surface area (Å²) in [4.78, 5) is 11.9. The molecule has 2 aromatic rings. The van der Waals surface area contributed by atoms with E-state index < -0.39 is 0 Å². The molecule has 0 saturated carbocycles. The van der Waals surface area contributed by atoms with E-state index in [0.29, 0.717) is 6.42 Å². The third-order valence-electron chi connectivity index (χ3n) is 4.30. The van der Waals surface area contributed by atoms with Crippen LogP contribution in [0, 0.1) is 0 Å². The molecule has 2 heterocycles. The van der Waals surface area contributed by atoms with Gasteiger partial charge in [0, 0.05) is 36.1 Å². The highest BCUT2D eigenvalue weighted by molar-refractivity contribution is 5.87. The molecule has 0 saturated heterocycles. The average molecular weight is 272 g/mol. The maximum absolute atomic E-state index is 11.9. The van der Waals surface area contributed by atoms with Gasteiger partial charge in [0.05, 0.1) is 7.11 Å². The first-order chi connectivity index (χ1) is 9.67. The fourth-order valence-corrected chi connectivity index (χ4v) is 3.34. The lowest BCUT2D eigenvalue weighted by atomic mass is 9.92. The predicted octanol–water partition coefficient (Wildman–Crippen LogP) is 2.32. The highest BCUT2D eigenvalue weighted by Crippen LogP contribution is 2.35. The monoisotopic (exact) mass is 272 g/mol. The molecule has 0 aliphatic carbocycles. The molecule has 1 aliphatic heterocycles. The molecule has 0 radical (unpaired) electrons. The summed E-state index contributed by atoms with van der Waals surface area (Å²) in [6, 6.07) is 8.33. The average Bonchev–Trinajstić information content (AvgIpc) is 2.79. The van der Waals surface area contributed by atoms with Gasteiger partial charge in [-0.15, -0.1) is 0 Å². The van der Waals surface area contributed by atoms with E-state index in [2.05, 4.69) is 48.1 Å². The zero-order valence-corrected chi connectivity index (χ0v) is 12.1. The Labute approximate surface area is 118 Å². The number of benzene rings is 1. The lowest BCUT2D eigenvalue weighted by Crippen LogP contribution is -2.45. The van der Waals surface area contributed by atoms with Crippen LogP contribution in [0.2, 0.25) is 0 Å². The van der Waals surface area contributed by atoms with E-state index in [4.69, 9.17) is 4.74 Å². The molecule has 1 aromatic heterocycles. The molecule has 0 fully saturated rings. The molecule has 1 aliphatic rings. The number of carbonyl (C=O) groups excluding carboxylic acids is 1. The largest absolute Gasteiger partial charge is 0.468 e. The third kappa shape index (κ3) is 1.83. The van der Waals surface area contributed by atoms with Crippen molar-refractivity contribution < 1.29 is 9.53 Å². The van der Waals surface area contributed by atoms with E-state index in [1.807, 2.05) is 0 Å². The second-order valence-corrected chi connectivity index (χ2v) is 5.35. The number of methoxy groups -OCH3 is 1. The second kappa shape index (κ2) is 4.94. The number of nitrogens with zero attached hydrogens (tertiary/aromatic N) is 1. The Balaban J connectivity index is 2.17. The molecule has 4 nitrogen and oxygen atoms in total. The van der Waals surface area contributed by atoms with Crippen molar-refractivity contribution in [2.45, 2.75) is 31.8 Å². The van der Waals surface area contributed by atoms with E-state index in [1.165, 1.54) is 29.3 Å². The number of para-hydroxylation sites is 1. The topological polar surface area (TPSA) is 43.3 Å². The summed E-state index contributed by atoms with van der Waals surface area (Å²) in [5.41, 5.74) is 3.81. The number of rotatable bonds is 2. The van der Waals surface area contributed by atoms with Gasteiger partial charge in [0.15, 0.2) is 0 Å². The third-order valence-corrected chi connectivity index (χ3v) is 4.30. The highest BCUT2D eigenvalue weighted by Gasteiger charge is 2.33. The van der Waals surface area contributed by atoms with Crippen LogP contribution in [0.15, 0.2) is 24.3 Å². The van der Waals surface area contributed by atoms with Gasteiger partial charge in [-0.05, 0) is 18.1 Å². The van der Waals surface area contributed by atoms with E-state index in [9.17, 15) is 4.79 Å². The molecule has 1 N–H and O–H groups in total. The van der Waals surface area contributed by atoms with Crippen LogP contribution in [0.25, 0.3) is 10.9 Å². The molecule has 0 spiro atoms. The first kappa shape index (κ1) is 13.2. The number of hydrogen-bond donors (Lipinski definition) is 1. The van der Waals surface area contributed by atoms with Gasteiger partial charge in [0.2, 0.25) is 0 Å². The molecule has 106 valence electrons. The Morgan fingerprint density at radius 2 is 2.20 bits per heavy atom. The maximum atomic E-state index is 11.9. The number of ether oxygens (including phenoxy) is 1. The van der Waals surface area contributed by atoms with Gasteiger partial charge in [0.25, 0.3) is 0 Å². The van der Waals surface area contributed by atoms with E-state index in [1.54, 1.807) is 0 Å². The highest BCUT2D eigenvalue weighted by atomic mass is 16.5. The number of nitrogens with one attached hydrogen (secondary N) is 1. The number of esters is 1. The zero-order chi connectivity index (χ0) is 14.3. The molecule has 0 unspecified atom stereocenters. The predicted molar refractivity (Wildman–Crippen MR) is 78.6 cm³/mol. The number of aromatic nitrogens is 1. The van der Waals surface area contributed by atoms with Crippen LogP contribution < -0.4 is 5.32 Å². The Kier molecular flexibility index (Phi) is 3.26. The Hall–Kier alpha value is -1.81. The fourth-order valence-electron chi connectivity index (χ4n) is 3.34. The van der Waals surface area contributed by atoms with Crippen molar-refractivity contribution in [1.82, 2.24) is 9.88 Å². The van der Waals surface area contributed by atoms with Crippen LogP contribution in [0.4, 0.5) is 0 Å². The summed E-state index contributed by atoms with van der Waals surface area (Å²) in [5.74, 6) is -0.179. The first-order valence-electron chi connectivity index (χ1n) is 7.07. The molecule has 20 heavy (non-hydrogen) atoms. The van der Waals surface area contributed by atoms with Gasteiger partial charge in [-0.1, -0.05) is 25.1 Å². The Bertz CT molecular complexity index is 660. The molecule has 1 aromatic carbocycles. The van der Waals surface area contributed by atoms with Crippen LogP contribution >= 0.6 is 0 Å². The molecule has 4 heteroatoms. The van der Waals surface area contributed by atoms with Crippen LogP contribution in [-0.4, -0.2) is 23.7 Å². The summed E-state index contributed by atoms with van der Waals surface area (Å²) in [6.07, 6.45) is 1.64. The van der Waals surface area contributed by atoms with E-state index in [0.717, 1.165) is 6.42 Å². The van der Waals surface area contributed by atoms with Gasteiger partial charge >= 0.3 is 5.97 Å². The van der Waals surface area contributed by atoms with Gasteiger partial charge in [-0.25, -0.2) is 0 Å². The van der Waals surface area contributed by atoms with Gasteiger partial charge < -0.3 is 9.30 Å². The minimum absolute atomic E-state index is 0.179. The molecule has 2 atom stereocenters. The molecular weight excluding hydrogens is 252 g/mol. The minimum Gasteiger partial charge on any atom is -0.468 e. The quantitative estimate of drug-likeness (QED) is 0.853. The summed E-state index contributed by atoms with van der Waals surface area (Å²) >= 11 is 0. The van der Waals surface area contributed by atoms with Crippen LogP contribution in [0.3, 0.4) is 0 Å². The maximum Gasteiger partial charge on any atom is 0.323 e. The number of hydrogen-bond acceptors (Lipinski definition) is 3. The molecule has 0 bridgehead atoms. The molecule has 3 rings (SSSR count). The van der Waals surface area contributed by atoms with Crippen molar-refractivity contribution in [1.29, 1.82) is 0 Å². The number of carbonyl (C=O) groups is 1. The molecule has 0 amide bonds. The summed E-state index contributed by atoms with van der Waals surface area (Å²) < 4.78 is 7.16. The number of fused-ring (bicyclic) bond motifs is 3. The van der Waals surface area contributed by atoms with E-state index in [-0.39, 0.29) is 18.1 Å². The summed E-state index contributed by atoms with van der Waals surface area (Å²) in [5, 5.41) is 4.67. The first-order valence-corrected chi connectivity index (χ1v) is 7.07. The van der Waals surface area contributed by atoms with Crippen molar-refractivity contribution in [3.63, 3.8) is 0 Å². The van der Waals surface area contributed by atoms with Crippen molar-refractivity contribution in [3.8, 4) is 0 Å². The lowest BCUT2D eigenvalue weighted by molar-refractivity contribution is -0.143. The van der Waals surface area contributed by atoms with Crippen LogP contribution in [0.1, 0.15) is 30.6 Å². The number of aryl methyl sites for hydroxylation is 1. The van der Waals surface area contributed by atoms with Crippen molar-refractivity contribution >= 4 is 16.9 Å². The Morgan fingerprint density at radius 3 is 2.90 bits per heavy atom. The van der Waals surface area contributed by atoms with E-state index >= 15 is 0 Å². The SMILES string of the molecule is CC[C@@H]1N[C@@H](C(=O)OC)Cc2c1n(C)c1ccccc21. The summed E-state index contributed by atoms with van der Waals surface area (Å²) in [7, 11) is 3.55. The molecular formula is C16H20N2O2. The van der Waals surface area contributed by atoms with Gasteiger partial charge in [-0.2, -0.15) is 0 Å². The smallest absolute Gasteiger partial charge is 0.323 e. The van der Waals surface area contributed by atoms with Crippen molar-refractivity contribution in [3.05, 3.63) is 35.5 Å². The minimum atomic E-state index is -0.247. The second-order valence-electron chi connectivity index (χ2n) is 5.35. The van der Waals surface area contributed by atoms with Gasteiger partial charge in [0.1, 0.15) is 6.04 Å². The van der Waals surface area contributed by atoms with Gasteiger partial charge in [-0.3, -0.25) is 10.1 Å². The lowest BCUT2D eigenvalue weighted by Gasteiger charge is -2.30. The normalized spacial score (nSPS) is 21.8. The standard InChI is InChI=1S/C16H20N2O2/c1-4-12-15-11(9-13(17-12)16(19)20-3)10-7-5-6-8-14(10)18(15)2/h5-8,12-13,17H,4,9H2,1-3H3/t12-,13+/m0/s1. The van der Waals surface area contributed by atoms with Crippen LogP contribution in [-0.2, 0) is 23.0 Å². The fraction of sp³-hybridized carbons (Fsp3) is 0.438. The van der Waals surface area contributed by atoms with Crippen molar-refractivity contribution in [2.75, 3.05) is 7.11 Å². The Morgan fingerprint density at radius 1 is 1.45 bits per heavy atom. The van der Waals surface area contributed by atoms with Crippen molar-refractivity contribution in [2.24, 2.45) is 7.05 Å². The zero-order valence-electron chi connectivity index (χ0n) is 12.1. The summed E-state index contributed by atoms with van der Waals surface area (Å²) in [6.45, 7) is 2.14.